The number of ketones is 1. The van der Waals surface area contributed by atoms with E-state index in [1.54, 1.807) is 12.1 Å². The second kappa shape index (κ2) is 10.3. The molecule has 1 aliphatic rings. The summed E-state index contributed by atoms with van der Waals surface area (Å²) in [6, 6.07) is 12.9. The Hall–Kier alpha value is -4.60. The molecule has 2 heterocycles. The van der Waals surface area contributed by atoms with Gasteiger partial charge in [0.15, 0.2) is 5.78 Å². The number of amides is 2. The predicted molar refractivity (Wildman–Crippen MR) is 119 cm³/mol. The summed E-state index contributed by atoms with van der Waals surface area (Å²) in [7, 11) is 1.48. The van der Waals surface area contributed by atoms with Crippen molar-refractivity contribution in [1.82, 2.24) is 4.98 Å². The Kier molecular flexibility index (Phi) is 7.32. The van der Waals surface area contributed by atoms with Gasteiger partial charge in [0.25, 0.3) is 0 Å². The van der Waals surface area contributed by atoms with Crippen molar-refractivity contribution in [3.8, 4) is 5.88 Å². The van der Waals surface area contributed by atoms with Crippen LogP contribution < -0.4 is 15.4 Å². The van der Waals surface area contributed by atoms with Crippen LogP contribution in [0.2, 0.25) is 0 Å². The molecule has 0 radical (unpaired) electrons. The molecular formula is C24H20FN3O6. The van der Waals surface area contributed by atoms with Gasteiger partial charge in [-0.15, -0.1) is 0 Å². The zero-order chi connectivity index (χ0) is 24.8. The third kappa shape index (κ3) is 5.60. The number of carboxylic acid groups (broad SMARTS) is 1. The average molecular weight is 465 g/mol. The minimum atomic E-state index is -1.14. The van der Waals surface area contributed by atoms with Crippen molar-refractivity contribution in [2.24, 2.45) is 5.73 Å². The highest BCUT2D eigenvalue weighted by Gasteiger charge is 2.30. The van der Waals surface area contributed by atoms with Crippen LogP contribution in [0.15, 0.2) is 60.8 Å². The lowest BCUT2D eigenvalue weighted by Crippen LogP contribution is -2.37. The van der Waals surface area contributed by atoms with Crippen LogP contribution in [0.5, 0.6) is 5.88 Å². The number of benzene rings is 2. The molecule has 0 unspecified atom stereocenters. The molecule has 0 aliphatic carbocycles. The molecule has 10 heteroatoms. The topological polar surface area (TPSA) is 140 Å². The molecule has 0 fully saturated rings. The molecule has 0 bridgehead atoms. The summed E-state index contributed by atoms with van der Waals surface area (Å²) in [5.41, 5.74) is 6.53. The number of methoxy groups -OCH3 is 1. The van der Waals surface area contributed by atoms with E-state index in [2.05, 4.69) is 4.98 Å². The maximum Gasteiger partial charge on any atom is 0.335 e. The summed E-state index contributed by atoms with van der Waals surface area (Å²) < 4.78 is 18.1. The van der Waals surface area contributed by atoms with Gasteiger partial charge >= 0.3 is 5.97 Å². The molecule has 174 valence electrons. The molecule has 3 aromatic rings. The Balaban J connectivity index is 0.000000248. The van der Waals surface area contributed by atoms with Crippen molar-refractivity contribution >= 4 is 29.3 Å². The van der Waals surface area contributed by atoms with Crippen molar-refractivity contribution in [3.05, 3.63) is 88.9 Å². The fourth-order valence-corrected chi connectivity index (χ4v) is 3.26. The number of carbonyl (C=O) groups is 4. The number of aromatic nitrogens is 1. The first-order chi connectivity index (χ1) is 16.2. The highest BCUT2D eigenvalue weighted by molar-refractivity contribution is 6.20. The van der Waals surface area contributed by atoms with Gasteiger partial charge in [-0.3, -0.25) is 14.4 Å². The molecule has 0 atom stereocenters. The van der Waals surface area contributed by atoms with Crippen LogP contribution in [0, 0.1) is 5.82 Å². The highest BCUT2D eigenvalue weighted by atomic mass is 19.1. The molecule has 0 saturated heterocycles. The maximum absolute atomic E-state index is 13.3. The third-order valence-electron chi connectivity index (χ3n) is 4.91. The van der Waals surface area contributed by atoms with Crippen molar-refractivity contribution in [2.45, 2.75) is 13.0 Å². The van der Waals surface area contributed by atoms with Gasteiger partial charge in [0, 0.05) is 23.4 Å². The molecular weight excluding hydrogens is 445 g/mol. The number of halogens is 1. The maximum atomic E-state index is 13.3. The number of carbonyl (C=O) groups excluding carboxylic acids is 3. The number of anilines is 1. The van der Waals surface area contributed by atoms with Crippen molar-refractivity contribution in [2.75, 3.05) is 12.0 Å². The Morgan fingerprint density at radius 1 is 1.12 bits per heavy atom. The van der Waals surface area contributed by atoms with E-state index >= 15 is 0 Å². The number of nitrogens with two attached hydrogens (primary N) is 1. The standard InChI is InChI=1S/C17H12FNO4.C7H8N2O2/c18-12-3-1-2-10(6-12)9-19-14-5-4-11(17(22)23)7-13(14)15(20)8-16(19)21;1-11-6-4-5(7(8)10)2-3-9-6/h1-7H,8-9H2,(H,22,23);2-4H,1H3,(H2,8,10). The smallest absolute Gasteiger partial charge is 0.335 e. The van der Waals surface area contributed by atoms with Crippen LogP contribution in [0.4, 0.5) is 10.1 Å². The summed E-state index contributed by atoms with van der Waals surface area (Å²) in [5.74, 6) is -2.45. The highest BCUT2D eigenvalue weighted by Crippen LogP contribution is 2.30. The number of nitrogens with zero attached hydrogens (tertiary/aromatic N) is 2. The van der Waals surface area contributed by atoms with Crippen LogP contribution in [0.25, 0.3) is 0 Å². The molecule has 2 amide bonds. The number of hydrogen-bond donors (Lipinski definition) is 2. The van der Waals surface area contributed by atoms with Gasteiger partial charge in [-0.1, -0.05) is 12.1 Å². The molecule has 0 spiro atoms. The minimum Gasteiger partial charge on any atom is -0.481 e. The number of primary amides is 1. The monoisotopic (exact) mass is 465 g/mol. The second-order valence-electron chi connectivity index (χ2n) is 7.20. The number of carboxylic acids is 1. The van der Waals surface area contributed by atoms with Gasteiger partial charge < -0.3 is 20.5 Å². The molecule has 9 nitrogen and oxygen atoms in total. The van der Waals surface area contributed by atoms with E-state index in [0.717, 1.165) is 0 Å². The van der Waals surface area contributed by atoms with Crippen LogP contribution in [0.3, 0.4) is 0 Å². The van der Waals surface area contributed by atoms with Crippen molar-refractivity contribution < 1.29 is 33.4 Å². The largest absolute Gasteiger partial charge is 0.481 e. The van der Waals surface area contributed by atoms with E-state index in [0.29, 0.717) is 22.7 Å². The first kappa shape index (κ1) is 24.1. The van der Waals surface area contributed by atoms with E-state index < -0.39 is 29.4 Å². The lowest BCUT2D eigenvalue weighted by atomic mass is 9.97. The number of pyridine rings is 1. The van der Waals surface area contributed by atoms with Gasteiger partial charge in [0.2, 0.25) is 17.7 Å². The number of aromatic carboxylic acids is 1. The predicted octanol–water partition coefficient (Wildman–Crippen LogP) is 2.83. The molecule has 3 N–H and O–H groups in total. The number of hydrogen-bond acceptors (Lipinski definition) is 6. The lowest BCUT2D eigenvalue weighted by Gasteiger charge is -2.29. The number of rotatable bonds is 5. The van der Waals surface area contributed by atoms with Gasteiger partial charge in [-0.2, -0.15) is 0 Å². The summed E-state index contributed by atoms with van der Waals surface area (Å²) in [6.07, 6.45) is 1.14. The molecule has 1 aliphatic heterocycles. The summed E-state index contributed by atoms with van der Waals surface area (Å²) in [6.45, 7) is 0.114. The molecule has 1 aromatic heterocycles. The van der Waals surface area contributed by atoms with E-state index in [-0.39, 0.29) is 24.1 Å². The van der Waals surface area contributed by atoms with Gasteiger partial charge in [0.1, 0.15) is 5.82 Å². The van der Waals surface area contributed by atoms with Crippen molar-refractivity contribution in [1.29, 1.82) is 0 Å². The second-order valence-corrected chi connectivity index (χ2v) is 7.20. The summed E-state index contributed by atoms with van der Waals surface area (Å²) in [5, 5.41) is 9.02. The van der Waals surface area contributed by atoms with Crippen LogP contribution in [-0.2, 0) is 11.3 Å². The Morgan fingerprint density at radius 3 is 2.53 bits per heavy atom. The van der Waals surface area contributed by atoms with E-state index in [1.807, 2.05) is 0 Å². The minimum absolute atomic E-state index is 0.0165. The fraction of sp³-hybridized carbons (Fsp3) is 0.125. The van der Waals surface area contributed by atoms with E-state index in [9.17, 15) is 23.6 Å². The first-order valence-electron chi connectivity index (χ1n) is 9.94. The molecule has 0 saturated carbocycles. The quantitative estimate of drug-likeness (QED) is 0.552. The summed E-state index contributed by atoms with van der Waals surface area (Å²) in [4.78, 5) is 51.0. The Morgan fingerprint density at radius 2 is 1.88 bits per heavy atom. The first-order valence-corrected chi connectivity index (χ1v) is 9.94. The van der Waals surface area contributed by atoms with Crippen LogP contribution >= 0.6 is 0 Å². The Bertz CT molecular complexity index is 1280. The molecule has 34 heavy (non-hydrogen) atoms. The number of Topliss-reactive ketones (excluding diaryl/α,β-unsaturated/α-hetero) is 1. The summed E-state index contributed by atoms with van der Waals surface area (Å²) >= 11 is 0. The van der Waals surface area contributed by atoms with Crippen LogP contribution in [-0.4, -0.2) is 40.8 Å². The lowest BCUT2D eigenvalue weighted by molar-refractivity contribution is -0.118. The normalized spacial score (nSPS) is 12.4. The van der Waals surface area contributed by atoms with Crippen LogP contribution in [0.1, 0.15) is 43.1 Å². The average Bonchev–Trinajstić information content (AvgIpc) is 2.82. The van der Waals surface area contributed by atoms with E-state index in [1.165, 1.54) is 60.7 Å². The van der Waals surface area contributed by atoms with Gasteiger partial charge in [-0.25, -0.2) is 14.2 Å². The SMILES string of the molecule is COc1cc(C(N)=O)ccn1.O=C(O)c1ccc2c(c1)C(=O)CC(=O)N2Cc1cccc(F)c1. The number of ether oxygens (including phenoxy) is 1. The van der Waals surface area contributed by atoms with E-state index in [4.69, 9.17) is 15.6 Å². The number of fused-ring (bicyclic) bond motifs is 1. The van der Waals surface area contributed by atoms with Crippen molar-refractivity contribution in [3.63, 3.8) is 0 Å². The zero-order valence-corrected chi connectivity index (χ0v) is 18.0. The van der Waals surface area contributed by atoms with Gasteiger partial charge in [0.05, 0.1) is 31.3 Å². The zero-order valence-electron chi connectivity index (χ0n) is 18.0. The fourth-order valence-electron chi connectivity index (χ4n) is 3.26. The Labute approximate surface area is 193 Å². The molecule has 4 rings (SSSR count). The molecule has 2 aromatic carbocycles. The van der Waals surface area contributed by atoms with Gasteiger partial charge in [-0.05, 0) is 42.0 Å². The third-order valence-corrected chi connectivity index (χ3v) is 4.91.